The molecule has 1 heterocycles. The van der Waals surface area contributed by atoms with Crippen LogP contribution >= 0.6 is 0 Å². The first kappa shape index (κ1) is 21.5. The second-order valence-electron chi connectivity index (χ2n) is 6.71. The Kier molecular flexibility index (Phi) is 6.21. The van der Waals surface area contributed by atoms with Crippen molar-refractivity contribution in [2.45, 2.75) is 38.5 Å². The lowest BCUT2D eigenvalue weighted by Crippen LogP contribution is -2.17. The zero-order valence-electron chi connectivity index (χ0n) is 16.8. The Hall–Kier alpha value is -3.20. The number of hydrogen-bond donors (Lipinski definition) is 2. The molecule has 158 valence electrons. The van der Waals surface area contributed by atoms with Gasteiger partial charge in [-0.1, -0.05) is 36.7 Å². The standard InChI is InChI=1S/C21H22FN3O4S/c1-4-17-20(18(5-2)29-24-17)21(26)23-15-10-11-16(22)19(12-15)30(27,28)25-14-8-6-13(3)7-9-14/h6-12,25H,4-5H2,1-3H3,(H,23,26). The van der Waals surface area contributed by atoms with E-state index < -0.39 is 26.6 Å². The number of benzene rings is 2. The molecule has 0 saturated carbocycles. The van der Waals surface area contributed by atoms with E-state index in [2.05, 4.69) is 15.2 Å². The molecule has 0 fully saturated rings. The summed E-state index contributed by atoms with van der Waals surface area (Å²) < 4.78 is 47.2. The van der Waals surface area contributed by atoms with Crippen molar-refractivity contribution in [3.05, 3.63) is 70.9 Å². The fourth-order valence-corrected chi connectivity index (χ4v) is 4.08. The lowest BCUT2D eigenvalue weighted by Gasteiger charge is -2.11. The van der Waals surface area contributed by atoms with E-state index in [0.717, 1.165) is 17.7 Å². The van der Waals surface area contributed by atoms with E-state index in [4.69, 9.17) is 4.52 Å². The first-order valence-corrected chi connectivity index (χ1v) is 10.9. The van der Waals surface area contributed by atoms with Gasteiger partial charge in [-0.25, -0.2) is 12.8 Å². The molecule has 0 atom stereocenters. The molecule has 0 spiro atoms. The van der Waals surface area contributed by atoms with Gasteiger partial charge >= 0.3 is 0 Å². The van der Waals surface area contributed by atoms with Gasteiger partial charge in [0.25, 0.3) is 15.9 Å². The number of nitrogens with one attached hydrogen (secondary N) is 2. The zero-order chi connectivity index (χ0) is 21.9. The molecule has 0 aliphatic carbocycles. The summed E-state index contributed by atoms with van der Waals surface area (Å²) in [6.07, 6.45) is 0.967. The van der Waals surface area contributed by atoms with Gasteiger partial charge in [-0.3, -0.25) is 9.52 Å². The Morgan fingerprint density at radius 2 is 1.73 bits per heavy atom. The van der Waals surface area contributed by atoms with Crippen LogP contribution in [0, 0.1) is 12.7 Å². The predicted molar refractivity (Wildman–Crippen MR) is 112 cm³/mol. The molecule has 0 aliphatic rings. The van der Waals surface area contributed by atoms with Gasteiger partial charge in [0, 0.05) is 17.8 Å². The first-order valence-electron chi connectivity index (χ1n) is 9.43. The van der Waals surface area contributed by atoms with Gasteiger partial charge in [-0.15, -0.1) is 0 Å². The SMILES string of the molecule is CCc1noc(CC)c1C(=O)Nc1ccc(F)c(S(=O)(=O)Nc2ccc(C)cc2)c1. The van der Waals surface area contributed by atoms with Gasteiger partial charge in [-0.2, -0.15) is 0 Å². The second kappa shape index (κ2) is 8.66. The van der Waals surface area contributed by atoms with Crippen LogP contribution in [0.4, 0.5) is 15.8 Å². The molecule has 0 unspecified atom stereocenters. The number of anilines is 2. The lowest BCUT2D eigenvalue weighted by molar-refractivity contribution is 0.102. The average molecular weight is 431 g/mol. The Morgan fingerprint density at radius 1 is 1.07 bits per heavy atom. The van der Waals surface area contributed by atoms with Crippen molar-refractivity contribution in [1.82, 2.24) is 5.16 Å². The highest BCUT2D eigenvalue weighted by molar-refractivity contribution is 7.92. The van der Waals surface area contributed by atoms with Crippen LogP contribution in [0.15, 0.2) is 51.9 Å². The number of hydrogen-bond acceptors (Lipinski definition) is 5. The minimum absolute atomic E-state index is 0.135. The van der Waals surface area contributed by atoms with Crippen molar-refractivity contribution >= 4 is 27.3 Å². The summed E-state index contributed by atoms with van der Waals surface area (Å²) in [7, 11) is -4.20. The van der Waals surface area contributed by atoms with Gasteiger partial charge in [0.2, 0.25) is 0 Å². The molecule has 0 aliphatic heterocycles. The maximum Gasteiger partial charge on any atom is 0.264 e. The quantitative estimate of drug-likeness (QED) is 0.581. The summed E-state index contributed by atoms with van der Waals surface area (Å²) in [5, 5.41) is 6.50. The number of sulfonamides is 1. The summed E-state index contributed by atoms with van der Waals surface area (Å²) in [5.41, 5.74) is 2.21. The van der Waals surface area contributed by atoms with Crippen molar-refractivity contribution in [3.8, 4) is 0 Å². The average Bonchev–Trinajstić information content (AvgIpc) is 3.14. The van der Waals surface area contributed by atoms with Crippen molar-refractivity contribution < 1.29 is 22.1 Å². The van der Waals surface area contributed by atoms with Crippen LogP contribution in [-0.2, 0) is 22.9 Å². The van der Waals surface area contributed by atoms with Crippen LogP contribution in [-0.4, -0.2) is 19.5 Å². The molecule has 3 aromatic rings. The molecule has 2 N–H and O–H groups in total. The number of amides is 1. The van der Waals surface area contributed by atoms with Crippen LogP contribution in [0.3, 0.4) is 0 Å². The van der Waals surface area contributed by atoms with Gasteiger partial charge in [0.1, 0.15) is 22.0 Å². The van der Waals surface area contributed by atoms with Crippen LogP contribution < -0.4 is 10.0 Å². The van der Waals surface area contributed by atoms with Crippen LogP contribution in [0.25, 0.3) is 0 Å². The Labute approximate surface area is 174 Å². The molecule has 7 nitrogen and oxygen atoms in total. The van der Waals surface area contributed by atoms with E-state index in [0.29, 0.717) is 35.5 Å². The van der Waals surface area contributed by atoms with Gasteiger partial charge in [0.05, 0.1) is 5.69 Å². The minimum atomic E-state index is -4.20. The summed E-state index contributed by atoms with van der Waals surface area (Å²) in [5.74, 6) is -0.993. The van der Waals surface area contributed by atoms with Crippen LogP contribution in [0.1, 0.15) is 41.2 Å². The number of nitrogens with zero attached hydrogens (tertiary/aromatic N) is 1. The number of aromatic nitrogens is 1. The molecule has 1 amide bonds. The molecule has 0 saturated heterocycles. The molecule has 30 heavy (non-hydrogen) atoms. The Morgan fingerprint density at radius 3 is 2.37 bits per heavy atom. The molecule has 9 heteroatoms. The highest BCUT2D eigenvalue weighted by Gasteiger charge is 2.23. The summed E-state index contributed by atoms with van der Waals surface area (Å²) in [4.78, 5) is 12.2. The van der Waals surface area contributed by atoms with Crippen molar-refractivity contribution in [1.29, 1.82) is 0 Å². The highest BCUT2D eigenvalue weighted by atomic mass is 32.2. The van der Waals surface area contributed by atoms with Gasteiger partial charge in [0.15, 0.2) is 0 Å². The summed E-state index contributed by atoms with van der Waals surface area (Å²) in [6.45, 7) is 5.54. The van der Waals surface area contributed by atoms with E-state index >= 15 is 0 Å². The number of carbonyl (C=O) groups excluding carboxylic acids is 1. The minimum Gasteiger partial charge on any atom is -0.360 e. The Balaban J connectivity index is 1.89. The van der Waals surface area contributed by atoms with Gasteiger partial charge < -0.3 is 9.84 Å². The maximum absolute atomic E-state index is 14.3. The summed E-state index contributed by atoms with van der Waals surface area (Å²) >= 11 is 0. The molecule has 1 aromatic heterocycles. The number of carbonyl (C=O) groups is 1. The largest absolute Gasteiger partial charge is 0.360 e. The molecule has 2 aromatic carbocycles. The zero-order valence-corrected chi connectivity index (χ0v) is 17.6. The molecule has 0 radical (unpaired) electrons. The number of aryl methyl sites for hydroxylation is 3. The Bertz CT molecular complexity index is 1150. The predicted octanol–water partition coefficient (Wildman–Crippen LogP) is 4.30. The van der Waals surface area contributed by atoms with E-state index in [1.54, 1.807) is 24.3 Å². The van der Waals surface area contributed by atoms with Gasteiger partial charge in [-0.05, 0) is 43.7 Å². The van der Waals surface area contributed by atoms with Crippen molar-refractivity contribution in [2.24, 2.45) is 0 Å². The second-order valence-corrected chi connectivity index (χ2v) is 8.36. The smallest absolute Gasteiger partial charge is 0.264 e. The van der Waals surface area contributed by atoms with E-state index in [1.165, 1.54) is 6.07 Å². The molecular formula is C21H22FN3O4S. The molecular weight excluding hydrogens is 409 g/mol. The normalized spacial score (nSPS) is 11.3. The fourth-order valence-electron chi connectivity index (χ4n) is 2.92. The van der Waals surface area contributed by atoms with Crippen molar-refractivity contribution in [3.63, 3.8) is 0 Å². The van der Waals surface area contributed by atoms with Crippen LogP contribution in [0.2, 0.25) is 0 Å². The van der Waals surface area contributed by atoms with E-state index in [9.17, 15) is 17.6 Å². The van der Waals surface area contributed by atoms with E-state index in [-0.39, 0.29) is 5.69 Å². The lowest BCUT2D eigenvalue weighted by atomic mass is 10.1. The first-order chi connectivity index (χ1) is 14.2. The molecule has 0 bridgehead atoms. The monoisotopic (exact) mass is 431 g/mol. The van der Waals surface area contributed by atoms with Crippen LogP contribution in [0.5, 0.6) is 0 Å². The third-order valence-electron chi connectivity index (χ3n) is 4.50. The third-order valence-corrected chi connectivity index (χ3v) is 5.90. The maximum atomic E-state index is 14.3. The highest BCUT2D eigenvalue weighted by Crippen LogP contribution is 2.24. The number of rotatable bonds is 7. The third kappa shape index (κ3) is 4.51. The van der Waals surface area contributed by atoms with Crippen molar-refractivity contribution in [2.75, 3.05) is 10.0 Å². The summed E-state index contributed by atoms with van der Waals surface area (Å²) in [6, 6.07) is 10.0. The fraction of sp³-hybridized carbons (Fsp3) is 0.238. The van der Waals surface area contributed by atoms with E-state index in [1.807, 2.05) is 20.8 Å². The topological polar surface area (TPSA) is 101 Å². The number of halogens is 1. The molecule has 3 rings (SSSR count).